The number of Topliss-reactive ketones (excluding diaryl/α,β-unsaturated/α-hetero) is 2. The summed E-state index contributed by atoms with van der Waals surface area (Å²) in [5, 5.41) is 15.4. The first kappa shape index (κ1) is 43.9. The zero-order chi connectivity index (χ0) is 42.0. The molecule has 1 unspecified atom stereocenters. The molecule has 0 radical (unpaired) electrons. The fourth-order valence-electron chi connectivity index (χ4n) is 8.83. The molecule has 3 aliphatic rings. The van der Waals surface area contributed by atoms with Crippen LogP contribution in [0.2, 0.25) is 0 Å². The minimum absolute atomic E-state index is 0.0150. The smallest absolute Gasteiger partial charge is 0.408 e. The summed E-state index contributed by atoms with van der Waals surface area (Å²) in [5.74, 6) is -5.71. The second-order valence-electron chi connectivity index (χ2n) is 16.5. The number of cyclic esters (lactones) is 1. The Morgan fingerprint density at radius 1 is 1.07 bits per heavy atom. The molecule has 14 heteroatoms. The van der Waals surface area contributed by atoms with Gasteiger partial charge in [-0.05, 0) is 64.7 Å². The molecule has 14 nitrogen and oxygen atoms in total. The average molecular weight is 794 g/mol. The first-order chi connectivity index (χ1) is 26.8. The van der Waals surface area contributed by atoms with E-state index < -0.39 is 95.5 Å². The number of pyridine rings is 1. The number of rotatable bonds is 8. The molecular formula is C43H59N3O11. The molecule has 1 aromatic carbocycles. The van der Waals surface area contributed by atoms with Crippen molar-refractivity contribution in [1.82, 2.24) is 15.2 Å². The number of alkyl carbamates (subject to hydrolysis) is 1. The van der Waals surface area contributed by atoms with Crippen LogP contribution in [0.1, 0.15) is 87.1 Å². The van der Waals surface area contributed by atoms with Crippen molar-refractivity contribution in [3.8, 4) is 0 Å². The second kappa shape index (κ2) is 17.7. The number of aliphatic hydroxyl groups is 1. The first-order valence-electron chi connectivity index (χ1n) is 20.0. The maximum absolute atomic E-state index is 14.5. The van der Waals surface area contributed by atoms with Crippen LogP contribution in [0.25, 0.3) is 17.0 Å². The van der Waals surface area contributed by atoms with Gasteiger partial charge in [0.2, 0.25) is 5.91 Å². The molecule has 1 aromatic heterocycles. The summed E-state index contributed by atoms with van der Waals surface area (Å²) in [6.07, 6.45) is 0.0386. The van der Waals surface area contributed by atoms with Crippen LogP contribution in [-0.2, 0) is 42.9 Å². The van der Waals surface area contributed by atoms with Gasteiger partial charge in [0.25, 0.3) is 0 Å². The topological polar surface area (TPSA) is 180 Å². The number of nitrogens with zero attached hydrogens (tertiary/aromatic N) is 2. The monoisotopic (exact) mass is 793 g/mol. The Bertz CT molecular complexity index is 1850. The summed E-state index contributed by atoms with van der Waals surface area (Å²) in [5.41, 5.74) is -1.15. The molecule has 3 aliphatic heterocycles. The summed E-state index contributed by atoms with van der Waals surface area (Å²) in [6.45, 7) is 14.9. The lowest BCUT2D eigenvalue weighted by molar-refractivity contribution is -0.296. The number of aromatic nitrogens is 1. The van der Waals surface area contributed by atoms with E-state index in [-0.39, 0.29) is 31.1 Å². The van der Waals surface area contributed by atoms with Crippen molar-refractivity contribution in [1.29, 1.82) is 0 Å². The van der Waals surface area contributed by atoms with Gasteiger partial charge < -0.3 is 39.0 Å². The van der Waals surface area contributed by atoms with E-state index in [9.17, 15) is 29.1 Å². The molecule has 3 saturated heterocycles. The van der Waals surface area contributed by atoms with Crippen LogP contribution in [-0.4, -0.2) is 112 Å². The van der Waals surface area contributed by atoms with Gasteiger partial charge in [0.1, 0.15) is 23.9 Å². The number of aliphatic hydroxyl groups excluding tert-OH is 1. The first-order valence-corrected chi connectivity index (χ1v) is 20.0. The van der Waals surface area contributed by atoms with Crippen molar-refractivity contribution in [2.75, 3.05) is 13.7 Å². The van der Waals surface area contributed by atoms with E-state index in [1.165, 1.54) is 18.7 Å². The van der Waals surface area contributed by atoms with Crippen LogP contribution >= 0.6 is 0 Å². The van der Waals surface area contributed by atoms with Crippen molar-refractivity contribution < 1.29 is 52.8 Å². The lowest BCUT2D eigenvalue weighted by atomic mass is 9.73. The van der Waals surface area contributed by atoms with Crippen molar-refractivity contribution in [2.45, 2.75) is 136 Å². The molecule has 5 rings (SSSR count). The Labute approximate surface area is 335 Å². The maximum atomic E-state index is 14.5. The molecule has 2 aromatic rings. The summed E-state index contributed by atoms with van der Waals surface area (Å²) < 4.78 is 31.3. The van der Waals surface area contributed by atoms with E-state index in [1.54, 1.807) is 67.8 Å². The van der Waals surface area contributed by atoms with Crippen molar-refractivity contribution in [3.05, 3.63) is 48.2 Å². The van der Waals surface area contributed by atoms with Gasteiger partial charge in [-0.15, -0.1) is 0 Å². The third-order valence-electron chi connectivity index (χ3n) is 12.2. The summed E-state index contributed by atoms with van der Waals surface area (Å²) in [6, 6.07) is 8.23. The second-order valence-corrected chi connectivity index (χ2v) is 16.5. The zero-order valence-electron chi connectivity index (χ0n) is 34.7. The van der Waals surface area contributed by atoms with E-state index in [4.69, 9.17) is 23.7 Å². The van der Waals surface area contributed by atoms with Crippen LogP contribution < -0.4 is 5.32 Å². The number of para-hydroxylation sites is 1. The van der Waals surface area contributed by atoms with Crippen LogP contribution in [0, 0.1) is 23.7 Å². The third-order valence-corrected chi connectivity index (χ3v) is 12.2. The number of carbonyl (C=O) groups is 5. The maximum Gasteiger partial charge on any atom is 0.408 e. The number of amides is 2. The van der Waals surface area contributed by atoms with Gasteiger partial charge in [-0.3, -0.25) is 24.2 Å². The third kappa shape index (κ3) is 9.24. The molecule has 0 saturated carbocycles. The highest BCUT2D eigenvalue weighted by Crippen LogP contribution is 2.40. The predicted octanol–water partition coefficient (Wildman–Crippen LogP) is 5.03. The number of hydrogen-bond acceptors (Lipinski definition) is 12. The summed E-state index contributed by atoms with van der Waals surface area (Å²) in [4.78, 5) is 73.9. The number of hydrogen-bond donors (Lipinski definition) is 2. The standard InChI is InChI=1S/C43H59N3O11/c1-11-33-43(9)37(45-41(52)57-43)25(4)34(48)23(2)21-42(8,53-18-14-15-29-20-30-16-12-13-17-31(30)44-22-29)38(26(5)35(49)27(6)39(51)55-33)56-40-36(50)32(19-24(3)54-40)46(10)28(7)47/h12-17,20,22-27,32-33,36-38,40,50H,11,18-19,21H2,1-10H3,(H,45,52)/b15-14+/t23-,24-,25+,26+,27-,32+,33-,36-,37-,38-,40?,42+,43-/m1/s1. The average Bonchev–Trinajstić information content (AvgIpc) is 3.50. The number of nitrogens with one attached hydrogen (secondary N) is 1. The number of carbonyl (C=O) groups excluding carboxylic acids is 5. The summed E-state index contributed by atoms with van der Waals surface area (Å²) >= 11 is 0. The van der Waals surface area contributed by atoms with Gasteiger partial charge in [-0.25, -0.2) is 4.79 Å². The molecule has 0 bridgehead atoms. The predicted molar refractivity (Wildman–Crippen MR) is 210 cm³/mol. The van der Waals surface area contributed by atoms with Crippen LogP contribution in [0.4, 0.5) is 4.79 Å². The van der Waals surface area contributed by atoms with Crippen molar-refractivity contribution >= 4 is 46.5 Å². The van der Waals surface area contributed by atoms with Gasteiger partial charge in [0, 0.05) is 43.3 Å². The molecule has 4 heterocycles. The molecule has 3 fully saturated rings. The van der Waals surface area contributed by atoms with Gasteiger partial charge in [0.15, 0.2) is 17.7 Å². The van der Waals surface area contributed by atoms with Gasteiger partial charge in [-0.2, -0.15) is 0 Å². The number of fused-ring (bicyclic) bond motifs is 2. The SMILES string of the molecule is CC[C@H]1OC(=O)[C@H](C)C(=O)[C@H](C)[C@@H](OC2O[C@H](C)C[C@H](N(C)C(C)=O)[C@H]2O)[C@@](C)(OC/C=C/c2cnc3ccccc3c2)C[C@@H](C)C(=O)[C@H](C)[C@H]2NC(=O)O[C@@]21C. The number of likely N-dealkylation sites (N-methyl/N-ethyl adjacent to an activating group) is 1. The molecule has 0 spiro atoms. The fourth-order valence-corrected chi connectivity index (χ4v) is 8.83. The molecule has 13 atom stereocenters. The van der Waals surface area contributed by atoms with Gasteiger partial charge in [0.05, 0.1) is 42.0 Å². The molecule has 0 aliphatic carbocycles. The van der Waals surface area contributed by atoms with Crippen LogP contribution in [0.5, 0.6) is 0 Å². The van der Waals surface area contributed by atoms with E-state index in [2.05, 4.69) is 10.3 Å². The van der Waals surface area contributed by atoms with Crippen LogP contribution in [0.3, 0.4) is 0 Å². The minimum atomic E-state index is -1.43. The lowest BCUT2D eigenvalue weighted by Crippen LogP contribution is -2.60. The highest BCUT2D eigenvalue weighted by molar-refractivity contribution is 6.00. The van der Waals surface area contributed by atoms with E-state index in [1.807, 2.05) is 36.4 Å². The van der Waals surface area contributed by atoms with Gasteiger partial charge in [-0.1, -0.05) is 58.0 Å². The Morgan fingerprint density at radius 3 is 2.46 bits per heavy atom. The Kier molecular flexibility index (Phi) is 13.6. The Balaban J connectivity index is 1.57. The van der Waals surface area contributed by atoms with Crippen molar-refractivity contribution in [3.63, 3.8) is 0 Å². The highest BCUT2D eigenvalue weighted by Gasteiger charge is 2.57. The number of benzene rings is 1. The van der Waals surface area contributed by atoms with E-state index in [0.717, 1.165) is 16.5 Å². The fraction of sp³-hybridized carbons (Fsp3) is 0.628. The molecule has 2 N–H and O–H groups in total. The molecule has 2 amide bonds. The summed E-state index contributed by atoms with van der Waals surface area (Å²) in [7, 11) is 1.59. The minimum Gasteiger partial charge on any atom is -0.458 e. The normalized spacial score (nSPS) is 36.9. The van der Waals surface area contributed by atoms with Crippen molar-refractivity contribution in [2.24, 2.45) is 23.7 Å². The Morgan fingerprint density at radius 2 is 1.77 bits per heavy atom. The molecule has 57 heavy (non-hydrogen) atoms. The quantitative estimate of drug-likeness (QED) is 0.270. The van der Waals surface area contributed by atoms with E-state index in [0.29, 0.717) is 6.42 Å². The highest BCUT2D eigenvalue weighted by atomic mass is 16.7. The van der Waals surface area contributed by atoms with E-state index >= 15 is 0 Å². The molecular weight excluding hydrogens is 734 g/mol. The molecule has 312 valence electrons. The zero-order valence-corrected chi connectivity index (χ0v) is 34.7. The lowest BCUT2D eigenvalue weighted by Gasteiger charge is -2.47. The van der Waals surface area contributed by atoms with Crippen LogP contribution in [0.15, 0.2) is 42.6 Å². The van der Waals surface area contributed by atoms with Gasteiger partial charge >= 0.3 is 12.1 Å². The number of ether oxygens (including phenoxy) is 5. The Hall–Kier alpha value is -4.24. The number of esters is 1. The largest absolute Gasteiger partial charge is 0.458 e. The number of ketones is 2.